The monoisotopic (exact) mass is 344 g/mol. The summed E-state index contributed by atoms with van der Waals surface area (Å²) < 4.78 is 112. The summed E-state index contributed by atoms with van der Waals surface area (Å²) in [5, 5.41) is 0. The minimum absolute atomic E-state index is 0.447. The van der Waals surface area contributed by atoms with E-state index in [2.05, 4.69) is 20.8 Å². The van der Waals surface area contributed by atoms with Gasteiger partial charge < -0.3 is 9.47 Å². The summed E-state index contributed by atoms with van der Waals surface area (Å²) >= 11 is 0. The smallest absolute Gasteiger partial charge is 0.450 e. The van der Waals surface area contributed by atoms with Crippen LogP contribution in [0.3, 0.4) is 0 Å². The van der Waals surface area contributed by atoms with Crippen LogP contribution >= 0.6 is 0 Å². The summed E-state index contributed by atoms with van der Waals surface area (Å²) in [6, 6.07) is 0. The number of carbonyl (C=O) groups excluding carboxylic acids is 1. The van der Waals surface area contributed by atoms with E-state index in [0.717, 1.165) is 6.92 Å². The van der Waals surface area contributed by atoms with E-state index in [0.29, 0.717) is 0 Å². The van der Waals surface area contributed by atoms with Crippen LogP contribution in [0.1, 0.15) is 6.92 Å². The van der Waals surface area contributed by atoms with Gasteiger partial charge in [-0.2, -0.15) is 22.0 Å². The maximum Gasteiger partial charge on any atom is 0.525 e. The van der Waals surface area contributed by atoms with Gasteiger partial charge in [0, 0.05) is 5.57 Å². The third-order valence-electron chi connectivity index (χ3n) is 2.51. The molecule has 0 saturated carbocycles. The predicted molar refractivity (Wildman–Crippen MR) is 51.5 cm³/mol. The molecule has 1 saturated heterocycles. The van der Waals surface area contributed by atoms with Crippen molar-refractivity contribution in [3.63, 3.8) is 0 Å². The Labute approximate surface area is 117 Å². The summed E-state index contributed by atoms with van der Waals surface area (Å²) in [5.74, 6) is -12.2. The average molecular weight is 344 g/mol. The van der Waals surface area contributed by atoms with E-state index in [4.69, 9.17) is 0 Å². The average Bonchev–Trinajstić information content (AvgIpc) is 2.50. The third kappa shape index (κ3) is 3.16. The quantitative estimate of drug-likeness (QED) is 0.449. The molecule has 1 fully saturated rings. The first-order chi connectivity index (χ1) is 9.64. The molecule has 0 aromatic carbocycles. The Kier molecular flexibility index (Phi) is 4.51. The minimum Gasteiger partial charge on any atom is -0.450 e. The Morgan fingerprint density at radius 2 is 1.73 bits per heavy atom. The Morgan fingerprint density at radius 1 is 1.23 bits per heavy atom. The molecule has 0 amide bonds. The number of carbonyl (C=O) groups is 1. The Morgan fingerprint density at radius 3 is 2.09 bits per heavy atom. The Bertz CT molecular complexity index is 469. The molecule has 0 N–H and O–H groups in total. The number of halogens is 8. The van der Waals surface area contributed by atoms with Crippen molar-refractivity contribution in [3.8, 4) is 0 Å². The van der Waals surface area contributed by atoms with Gasteiger partial charge in [0.15, 0.2) is 6.10 Å². The summed E-state index contributed by atoms with van der Waals surface area (Å²) in [7, 11) is 0. The minimum atomic E-state index is -6.25. The van der Waals surface area contributed by atoms with Crippen LogP contribution in [0.25, 0.3) is 0 Å². The molecule has 1 heterocycles. The molecule has 0 aliphatic carbocycles. The van der Waals surface area contributed by atoms with Gasteiger partial charge >= 0.3 is 30.2 Å². The lowest BCUT2D eigenvalue weighted by Gasteiger charge is -2.35. The van der Waals surface area contributed by atoms with Crippen LogP contribution in [0.15, 0.2) is 12.2 Å². The maximum absolute atomic E-state index is 13.8. The van der Waals surface area contributed by atoms with Crippen molar-refractivity contribution in [2.24, 2.45) is 0 Å². The lowest BCUT2D eigenvalue weighted by molar-refractivity contribution is -0.499. The van der Waals surface area contributed by atoms with E-state index in [9.17, 15) is 39.9 Å². The highest BCUT2D eigenvalue weighted by Gasteiger charge is 2.82. The van der Waals surface area contributed by atoms with Crippen LogP contribution in [0, 0.1) is 0 Å². The van der Waals surface area contributed by atoms with Gasteiger partial charge in [0.25, 0.3) is 0 Å². The molecular weight excluding hydrogens is 336 g/mol. The van der Waals surface area contributed by atoms with Crippen molar-refractivity contribution in [2.75, 3.05) is 6.61 Å². The molecule has 128 valence electrons. The third-order valence-corrected chi connectivity index (χ3v) is 2.51. The summed E-state index contributed by atoms with van der Waals surface area (Å²) in [6.07, 6.45) is -15.3. The van der Waals surface area contributed by atoms with E-state index in [1.165, 1.54) is 0 Å². The highest BCUT2D eigenvalue weighted by atomic mass is 19.4. The molecule has 1 aliphatic heterocycles. The van der Waals surface area contributed by atoms with Gasteiger partial charge in [0.05, 0.1) is 6.61 Å². The van der Waals surface area contributed by atoms with E-state index in [1.54, 1.807) is 0 Å². The molecular formula is C10H8F8O4. The van der Waals surface area contributed by atoms with E-state index < -0.39 is 48.5 Å². The molecule has 0 bridgehead atoms. The van der Waals surface area contributed by atoms with E-state index in [-0.39, 0.29) is 0 Å². The van der Waals surface area contributed by atoms with E-state index in [1.807, 2.05) is 0 Å². The molecule has 4 nitrogen and oxygen atoms in total. The SMILES string of the molecule is C=C(C)C(=O)OC1COC(OC(F)(F)F)(C(F)(F)F)C1(F)F. The molecule has 0 aromatic rings. The maximum atomic E-state index is 13.8. The zero-order chi connectivity index (χ0) is 17.6. The summed E-state index contributed by atoms with van der Waals surface area (Å²) in [5.41, 5.74) is -0.447. The Balaban J connectivity index is 3.21. The molecule has 2 atom stereocenters. The van der Waals surface area contributed by atoms with Gasteiger partial charge in [-0.05, 0) is 6.92 Å². The van der Waals surface area contributed by atoms with Crippen LogP contribution in [0.5, 0.6) is 0 Å². The second-order valence-corrected chi connectivity index (χ2v) is 4.27. The highest BCUT2D eigenvalue weighted by molar-refractivity contribution is 5.87. The molecule has 1 rings (SSSR count). The van der Waals surface area contributed by atoms with Gasteiger partial charge in [-0.25, -0.2) is 9.53 Å². The van der Waals surface area contributed by atoms with Crippen molar-refractivity contribution in [1.29, 1.82) is 0 Å². The van der Waals surface area contributed by atoms with Crippen LogP contribution < -0.4 is 0 Å². The normalized spacial score (nSPS) is 28.5. The standard InChI is InChI=1S/C10H8F8O4/c1-4(2)6(19)21-5-3-20-8(7(5,11)12,9(13,14)15)22-10(16,17)18/h5H,1,3H2,2H3. The van der Waals surface area contributed by atoms with Crippen molar-refractivity contribution in [3.05, 3.63) is 12.2 Å². The van der Waals surface area contributed by atoms with Crippen molar-refractivity contribution in [2.45, 2.75) is 37.3 Å². The lowest BCUT2D eigenvalue weighted by atomic mass is 10.1. The van der Waals surface area contributed by atoms with Crippen LogP contribution in [0.4, 0.5) is 35.1 Å². The molecule has 1 aliphatic rings. The number of ether oxygens (including phenoxy) is 3. The first-order valence-corrected chi connectivity index (χ1v) is 5.36. The number of hydrogen-bond acceptors (Lipinski definition) is 4. The van der Waals surface area contributed by atoms with E-state index >= 15 is 0 Å². The molecule has 2 unspecified atom stereocenters. The first kappa shape index (κ1) is 18.6. The van der Waals surface area contributed by atoms with Crippen LogP contribution in [-0.4, -0.2) is 42.9 Å². The van der Waals surface area contributed by atoms with Crippen molar-refractivity contribution >= 4 is 5.97 Å². The summed E-state index contributed by atoms with van der Waals surface area (Å²) in [4.78, 5) is 11.1. The lowest BCUT2D eigenvalue weighted by Crippen LogP contribution is -2.63. The van der Waals surface area contributed by atoms with Crippen LogP contribution in [-0.2, 0) is 19.0 Å². The zero-order valence-corrected chi connectivity index (χ0v) is 10.6. The van der Waals surface area contributed by atoms with Crippen molar-refractivity contribution < 1.29 is 54.1 Å². The highest BCUT2D eigenvalue weighted by Crippen LogP contribution is 2.54. The molecule has 12 heteroatoms. The fourth-order valence-corrected chi connectivity index (χ4v) is 1.53. The number of hydrogen-bond donors (Lipinski definition) is 0. The van der Waals surface area contributed by atoms with Crippen LogP contribution in [0.2, 0.25) is 0 Å². The van der Waals surface area contributed by atoms with Gasteiger partial charge in [-0.15, -0.1) is 13.2 Å². The number of rotatable bonds is 3. The topological polar surface area (TPSA) is 44.8 Å². The molecule has 0 radical (unpaired) electrons. The molecule has 0 spiro atoms. The van der Waals surface area contributed by atoms with Gasteiger partial charge in [-0.1, -0.05) is 6.58 Å². The largest absolute Gasteiger partial charge is 0.525 e. The molecule has 0 aromatic heterocycles. The van der Waals surface area contributed by atoms with Gasteiger partial charge in [-0.3, -0.25) is 0 Å². The zero-order valence-electron chi connectivity index (χ0n) is 10.6. The number of esters is 1. The van der Waals surface area contributed by atoms with Gasteiger partial charge in [0.1, 0.15) is 0 Å². The second kappa shape index (κ2) is 5.33. The molecule has 22 heavy (non-hydrogen) atoms. The second-order valence-electron chi connectivity index (χ2n) is 4.27. The number of alkyl halides is 8. The Hall–Kier alpha value is -1.43. The van der Waals surface area contributed by atoms with Crippen molar-refractivity contribution in [1.82, 2.24) is 0 Å². The fraction of sp³-hybridized carbons (Fsp3) is 0.700. The predicted octanol–water partition coefficient (Wildman–Crippen LogP) is 2.93. The summed E-state index contributed by atoms with van der Waals surface area (Å²) in [6.45, 7) is 2.34. The van der Waals surface area contributed by atoms with Gasteiger partial charge in [0.2, 0.25) is 0 Å². The first-order valence-electron chi connectivity index (χ1n) is 5.36. The fourth-order valence-electron chi connectivity index (χ4n) is 1.53.